The predicted octanol–water partition coefficient (Wildman–Crippen LogP) is 2.42. The van der Waals surface area contributed by atoms with Gasteiger partial charge >= 0.3 is 5.97 Å². The second kappa shape index (κ2) is 7.99. The molecule has 2 aromatic carbocycles. The van der Waals surface area contributed by atoms with E-state index in [-0.39, 0.29) is 17.5 Å². The van der Waals surface area contributed by atoms with E-state index in [1.165, 1.54) is 47.0 Å². The standard InChI is InChI=1S/C20H18FN3O4/c21-13-6-8-14(9-7-13)24-17(3-1-2-4-18(25)26)23-16-11-12(19(22)27)5-10-15(16)20(24)28/h5-11H,1-4H2,(H2,22,27)(H,25,26). The number of aliphatic carboxylic acids is 1. The van der Waals surface area contributed by atoms with Crippen LogP contribution >= 0.6 is 0 Å². The molecular formula is C20H18FN3O4. The molecular weight excluding hydrogens is 365 g/mol. The minimum Gasteiger partial charge on any atom is -0.481 e. The summed E-state index contributed by atoms with van der Waals surface area (Å²) in [6, 6.07) is 9.83. The van der Waals surface area contributed by atoms with Crippen LogP contribution in [0.15, 0.2) is 47.3 Å². The number of rotatable bonds is 7. The Morgan fingerprint density at radius 3 is 2.46 bits per heavy atom. The van der Waals surface area contributed by atoms with Gasteiger partial charge in [-0.2, -0.15) is 0 Å². The third-order valence-corrected chi connectivity index (χ3v) is 4.35. The van der Waals surface area contributed by atoms with E-state index in [0.717, 1.165) is 0 Å². The molecule has 0 aliphatic heterocycles. The Balaban J connectivity index is 2.12. The Labute approximate surface area is 159 Å². The molecule has 1 amide bonds. The quantitative estimate of drug-likeness (QED) is 0.608. The lowest BCUT2D eigenvalue weighted by Crippen LogP contribution is -2.24. The molecule has 0 saturated carbocycles. The van der Waals surface area contributed by atoms with E-state index >= 15 is 0 Å². The second-order valence-corrected chi connectivity index (χ2v) is 6.34. The van der Waals surface area contributed by atoms with Crippen molar-refractivity contribution in [2.75, 3.05) is 0 Å². The van der Waals surface area contributed by atoms with Crippen molar-refractivity contribution >= 4 is 22.8 Å². The van der Waals surface area contributed by atoms with Gasteiger partial charge in [-0.1, -0.05) is 0 Å². The normalized spacial score (nSPS) is 10.9. The molecule has 28 heavy (non-hydrogen) atoms. The highest BCUT2D eigenvalue weighted by molar-refractivity contribution is 5.96. The molecule has 0 aliphatic carbocycles. The Morgan fingerprint density at radius 2 is 1.82 bits per heavy atom. The number of nitrogens with two attached hydrogens (primary N) is 1. The number of hydrogen-bond acceptors (Lipinski definition) is 4. The average molecular weight is 383 g/mol. The Bertz CT molecular complexity index is 1110. The van der Waals surface area contributed by atoms with Crippen LogP contribution in [0.2, 0.25) is 0 Å². The zero-order valence-corrected chi connectivity index (χ0v) is 14.9. The predicted molar refractivity (Wildman–Crippen MR) is 101 cm³/mol. The molecule has 0 radical (unpaired) electrons. The van der Waals surface area contributed by atoms with Crippen molar-refractivity contribution in [1.82, 2.24) is 9.55 Å². The van der Waals surface area contributed by atoms with Crippen molar-refractivity contribution in [2.45, 2.75) is 25.7 Å². The highest BCUT2D eigenvalue weighted by atomic mass is 19.1. The van der Waals surface area contributed by atoms with E-state index in [1.807, 2.05) is 0 Å². The molecule has 3 N–H and O–H groups in total. The van der Waals surface area contributed by atoms with Crippen molar-refractivity contribution in [3.05, 3.63) is 70.0 Å². The lowest BCUT2D eigenvalue weighted by molar-refractivity contribution is -0.137. The Morgan fingerprint density at radius 1 is 1.11 bits per heavy atom. The summed E-state index contributed by atoms with van der Waals surface area (Å²) in [4.78, 5) is 39.7. The number of carbonyl (C=O) groups is 2. The molecule has 0 fully saturated rings. The number of carbonyl (C=O) groups excluding carboxylic acids is 1. The first kappa shape index (κ1) is 19.2. The number of nitrogens with zero attached hydrogens (tertiary/aromatic N) is 2. The van der Waals surface area contributed by atoms with Crippen LogP contribution < -0.4 is 11.3 Å². The number of halogens is 1. The zero-order chi connectivity index (χ0) is 20.3. The molecule has 7 nitrogen and oxygen atoms in total. The summed E-state index contributed by atoms with van der Waals surface area (Å²) in [6.07, 6.45) is 1.28. The van der Waals surface area contributed by atoms with Crippen LogP contribution in [0.4, 0.5) is 4.39 Å². The van der Waals surface area contributed by atoms with E-state index in [0.29, 0.717) is 41.7 Å². The summed E-state index contributed by atoms with van der Waals surface area (Å²) in [5.41, 5.74) is 5.95. The van der Waals surface area contributed by atoms with Gasteiger partial charge in [-0.25, -0.2) is 9.37 Å². The van der Waals surface area contributed by atoms with Crippen molar-refractivity contribution in [2.24, 2.45) is 5.73 Å². The van der Waals surface area contributed by atoms with Crippen molar-refractivity contribution in [3.63, 3.8) is 0 Å². The topological polar surface area (TPSA) is 115 Å². The first-order valence-corrected chi connectivity index (χ1v) is 8.70. The maximum absolute atomic E-state index is 13.3. The molecule has 8 heteroatoms. The fourth-order valence-electron chi connectivity index (χ4n) is 2.97. The summed E-state index contributed by atoms with van der Waals surface area (Å²) >= 11 is 0. The van der Waals surface area contributed by atoms with Gasteiger partial charge < -0.3 is 10.8 Å². The van der Waals surface area contributed by atoms with Crippen LogP contribution in [-0.4, -0.2) is 26.5 Å². The molecule has 0 spiro atoms. The van der Waals surface area contributed by atoms with Gasteiger partial charge in [0.05, 0.1) is 16.6 Å². The van der Waals surface area contributed by atoms with Crippen molar-refractivity contribution in [1.29, 1.82) is 0 Å². The van der Waals surface area contributed by atoms with Crippen LogP contribution in [0.1, 0.15) is 35.4 Å². The molecule has 3 rings (SSSR count). The van der Waals surface area contributed by atoms with Gasteiger partial charge in [-0.05, 0) is 55.3 Å². The number of unbranched alkanes of at least 4 members (excludes halogenated alkanes) is 1. The summed E-state index contributed by atoms with van der Waals surface area (Å²) in [5.74, 6) is -1.56. The fourth-order valence-corrected chi connectivity index (χ4v) is 2.97. The van der Waals surface area contributed by atoms with Crippen LogP contribution in [0.3, 0.4) is 0 Å². The minimum absolute atomic E-state index is 0.0141. The van der Waals surface area contributed by atoms with Gasteiger partial charge in [0.1, 0.15) is 11.6 Å². The molecule has 144 valence electrons. The van der Waals surface area contributed by atoms with E-state index in [9.17, 15) is 18.8 Å². The molecule has 0 unspecified atom stereocenters. The molecule has 0 saturated heterocycles. The van der Waals surface area contributed by atoms with E-state index < -0.39 is 17.7 Å². The highest BCUT2D eigenvalue weighted by Gasteiger charge is 2.14. The highest BCUT2D eigenvalue weighted by Crippen LogP contribution is 2.17. The third kappa shape index (κ3) is 4.06. The largest absolute Gasteiger partial charge is 0.481 e. The number of carboxylic acid groups (broad SMARTS) is 1. The van der Waals surface area contributed by atoms with E-state index in [2.05, 4.69) is 4.98 Å². The van der Waals surface area contributed by atoms with Crippen LogP contribution in [0.5, 0.6) is 0 Å². The molecule has 1 aromatic heterocycles. The zero-order valence-electron chi connectivity index (χ0n) is 14.9. The number of aryl methyl sites for hydroxylation is 1. The van der Waals surface area contributed by atoms with Gasteiger partial charge in [0.2, 0.25) is 5.91 Å². The second-order valence-electron chi connectivity index (χ2n) is 6.34. The number of primary amides is 1. The van der Waals surface area contributed by atoms with Gasteiger partial charge in [0.15, 0.2) is 0 Å². The van der Waals surface area contributed by atoms with Crippen molar-refractivity contribution in [3.8, 4) is 5.69 Å². The number of aromatic nitrogens is 2. The van der Waals surface area contributed by atoms with Gasteiger partial charge in [0, 0.05) is 18.4 Å². The molecule has 1 heterocycles. The fraction of sp³-hybridized carbons (Fsp3) is 0.200. The number of benzene rings is 2. The molecule has 0 atom stereocenters. The Kier molecular flexibility index (Phi) is 5.49. The molecule has 0 bridgehead atoms. The maximum atomic E-state index is 13.3. The summed E-state index contributed by atoms with van der Waals surface area (Å²) < 4.78 is 14.7. The van der Waals surface area contributed by atoms with Crippen LogP contribution in [0, 0.1) is 5.82 Å². The first-order valence-electron chi connectivity index (χ1n) is 8.70. The maximum Gasteiger partial charge on any atom is 0.303 e. The number of hydrogen-bond donors (Lipinski definition) is 2. The number of fused-ring (bicyclic) bond motifs is 1. The summed E-state index contributed by atoms with van der Waals surface area (Å²) in [6.45, 7) is 0. The lowest BCUT2D eigenvalue weighted by atomic mass is 10.1. The lowest BCUT2D eigenvalue weighted by Gasteiger charge is -2.14. The van der Waals surface area contributed by atoms with Gasteiger partial charge in [-0.15, -0.1) is 0 Å². The summed E-state index contributed by atoms with van der Waals surface area (Å²) in [5, 5.41) is 9.08. The third-order valence-electron chi connectivity index (χ3n) is 4.35. The van der Waals surface area contributed by atoms with Gasteiger partial charge in [0.25, 0.3) is 5.56 Å². The SMILES string of the molecule is NC(=O)c1ccc2c(=O)n(-c3ccc(F)cc3)c(CCCCC(=O)O)nc2c1. The Hall–Kier alpha value is -3.55. The monoisotopic (exact) mass is 383 g/mol. The molecule has 3 aromatic rings. The number of carboxylic acids is 1. The van der Waals surface area contributed by atoms with Gasteiger partial charge in [-0.3, -0.25) is 19.0 Å². The van der Waals surface area contributed by atoms with Crippen molar-refractivity contribution < 1.29 is 19.1 Å². The molecule has 0 aliphatic rings. The minimum atomic E-state index is -0.895. The van der Waals surface area contributed by atoms with E-state index in [1.54, 1.807) is 0 Å². The number of amides is 1. The average Bonchev–Trinajstić information content (AvgIpc) is 2.66. The first-order chi connectivity index (χ1) is 13.4. The smallest absolute Gasteiger partial charge is 0.303 e. The van der Waals surface area contributed by atoms with E-state index in [4.69, 9.17) is 10.8 Å². The van der Waals surface area contributed by atoms with Crippen LogP contribution in [-0.2, 0) is 11.2 Å². The summed E-state index contributed by atoms with van der Waals surface area (Å²) in [7, 11) is 0. The van der Waals surface area contributed by atoms with Crippen LogP contribution in [0.25, 0.3) is 16.6 Å².